The van der Waals surface area contributed by atoms with E-state index in [9.17, 15) is 0 Å². The third-order valence-electron chi connectivity index (χ3n) is 2.58. The summed E-state index contributed by atoms with van der Waals surface area (Å²) < 4.78 is 0. The van der Waals surface area contributed by atoms with Gasteiger partial charge in [-0.2, -0.15) is 11.8 Å². The maximum Gasteiger partial charge on any atom is 0.0416 e. The summed E-state index contributed by atoms with van der Waals surface area (Å²) in [5, 5.41) is 4.47. The molecular weight excluding hydrogens is 226 g/mol. The highest BCUT2D eigenvalue weighted by Crippen LogP contribution is 2.29. The van der Waals surface area contributed by atoms with Crippen molar-refractivity contribution in [2.75, 3.05) is 11.5 Å². The Hall–Kier alpha value is -0.180. The molecule has 15 heavy (non-hydrogen) atoms. The lowest BCUT2D eigenvalue weighted by Crippen LogP contribution is -2.48. The lowest BCUT2D eigenvalue weighted by molar-refractivity contribution is 0.376. The molecule has 0 spiro atoms. The number of benzene rings is 1. The molecule has 1 aromatic rings. The first kappa shape index (κ1) is 11.3. The number of hydrogen-bond acceptors (Lipinski definition) is 2. The van der Waals surface area contributed by atoms with E-state index in [2.05, 4.69) is 31.3 Å². The zero-order valence-electron chi connectivity index (χ0n) is 9.09. The van der Waals surface area contributed by atoms with Crippen LogP contribution in [-0.2, 0) is 0 Å². The highest BCUT2D eigenvalue weighted by atomic mass is 35.5. The van der Waals surface area contributed by atoms with Crippen LogP contribution < -0.4 is 5.32 Å². The summed E-state index contributed by atoms with van der Waals surface area (Å²) in [6.07, 6.45) is 0. The summed E-state index contributed by atoms with van der Waals surface area (Å²) in [6.45, 7) is 4.50. The molecule has 2 rings (SSSR count). The Labute approximate surface area is 101 Å². The first-order chi connectivity index (χ1) is 7.07. The van der Waals surface area contributed by atoms with Crippen LogP contribution in [0.15, 0.2) is 24.3 Å². The Morgan fingerprint density at radius 1 is 1.33 bits per heavy atom. The van der Waals surface area contributed by atoms with Gasteiger partial charge in [0.15, 0.2) is 0 Å². The molecule has 1 aromatic carbocycles. The van der Waals surface area contributed by atoms with Gasteiger partial charge in [-0.1, -0.05) is 23.7 Å². The average Bonchev–Trinajstić information content (AvgIpc) is 2.17. The summed E-state index contributed by atoms with van der Waals surface area (Å²) in [5.74, 6) is 2.32. The SMILES string of the molecule is CC1(C)CSCC(c2ccc(Cl)cc2)N1. The fourth-order valence-electron chi connectivity index (χ4n) is 1.86. The molecule has 0 aromatic heterocycles. The molecule has 1 nitrogen and oxygen atoms in total. The summed E-state index contributed by atoms with van der Waals surface area (Å²) in [5.41, 5.74) is 1.56. The Bertz CT molecular complexity index is 334. The molecule has 1 unspecified atom stereocenters. The Morgan fingerprint density at radius 2 is 2.00 bits per heavy atom. The average molecular weight is 242 g/mol. The second-order valence-electron chi connectivity index (χ2n) is 4.65. The molecule has 1 N–H and O–H groups in total. The predicted molar refractivity (Wildman–Crippen MR) is 68.7 cm³/mol. The molecule has 82 valence electrons. The molecule has 0 radical (unpaired) electrons. The fraction of sp³-hybridized carbons (Fsp3) is 0.500. The van der Waals surface area contributed by atoms with Crippen molar-refractivity contribution in [3.63, 3.8) is 0 Å². The zero-order valence-corrected chi connectivity index (χ0v) is 10.7. The molecule has 0 amide bonds. The van der Waals surface area contributed by atoms with Crippen molar-refractivity contribution >= 4 is 23.4 Å². The van der Waals surface area contributed by atoms with Crippen molar-refractivity contribution < 1.29 is 0 Å². The van der Waals surface area contributed by atoms with Crippen molar-refractivity contribution in [1.82, 2.24) is 5.32 Å². The highest BCUT2D eigenvalue weighted by molar-refractivity contribution is 7.99. The smallest absolute Gasteiger partial charge is 0.0416 e. The topological polar surface area (TPSA) is 12.0 Å². The lowest BCUT2D eigenvalue weighted by atomic mass is 10.0. The Kier molecular flexibility index (Phi) is 3.29. The quantitative estimate of drug-likeness (QED) is 0.808. The van der Waals surface area contributed by atoms with Gasteiger partial charge in [0.05, 0.1) is 0 Å². The van der Waals surface area contributed by atoms with Gasteiger partial charge in [0.2, 0.25) is 0 Å². The van der Waals surface area contributed by atoms with Gasteiger partial charge in [-0.3, -0.25) is 0 Å². The van der Waals surface area contributed by atoms with Crippen LogP contribution in [0.25, 0.3) is 0 Å². The molecule has 1 heterocycles. The van der Waals surface area contributed by atoms with E-state index < -0.39 is 0 Å². The highest BCUT2D eigenvalue weighted by Gasteiger charge is 2.27. The number of hydrogen-bond donors (Lipinski definition) is 1. The molecule has 0 saturated carbocycles. The monoisotopic (exact) mass is 241 g/mol. The van der Waals surface area contributed by atoms with E-state index in [0.717, 1.165) is 10.8 Å². The molecule has 0 aliphatic carbocycles. The van der Waals surface area contributed by atoms with Gasteiger partial charge in [-0.25, -0.2) is 0 Å². The number of rotatable bonds is 1. The lowest BCUT2D eigenvalue weighted by Gasteiger charge is -2.37. The summed E-state index contributed by atoms with van der Waals surface area (Å²) in [6, 6.07) is 8.61. The molecule has 1 atom stereocenters. The van der Waals surface area contributed by atoms with Crippen LogP contribution in [0.1, 0.15) is 25.5 Å². The van der Waals surface area contributed by atoms with Crippen molar-refractivity contribution in [2.24, 2.45) is 0 Å². The van der Waals surface area contributed by atoms with Crippen molar-refractivity contribution in [3.8, 4) is 0 Å². The first-order valence-electron chi connectivity index (χ1n) is 5.18. The van der Waals surface area contributed by atoms with Crippen LogP contribution >= 0.6 is 23.4 Å². The molecule has 1 aliphatic heterocycles. The minimum atomic E-state index is 0.229. The number of halogens is 1. The molecule has 0 bridgehead atoms. The van der Waals surface area contributed by atoms with Crippen LogP contribution in [0.4, 0.5) is 0 Å². The van der Waals surface area contributed by atoms with Gasteiger partial charge >= 0.3 is 0 Å². The van der Waals surface area contributed by atoms with Crippen LogP contribution in [0, 0.1) is 0 Å². The minimum Gasteiger partial charge on any atom is -0.303 e. The Balaban J connectivity index is 2.13. The van der Waals surface area contributed by atoms with E-state index >= 15 is 0 Å². The summed E-state index contributed by atoms with van der Waals surface area (Å²) in [7, 11) is 0. The van der Waals surface area contributed by atoms with E-state index in [-0.39, 0.29) is 5.54 Å². The van der Waals surface area contributed by atoms with Gasteiger partial charge in [-0.05, 0) is 31.5 Å². The largest absolute Gasteiger partial charge is 0.303 e. The maximum atomic E-state index is 5.88. The van der Waals surface area contributed by atoms with E-state index in [0.29, 0.717) is 6.04 Å². The number of thioether (sulfide) groups is 1. The normalized spacial score (nSPS) is 25.1. The molecule has 1 aliphatic rings. The molecule has 1 saturated heterocycles. The van der Waals surface area contributed by atoms with Crippen molar-refractivity contribution in [2.45, 2.75) is 25.4 Å². The van der Waals surface area contributed by atoms with Crippen LogP contribution in [0.2, 0.25) is 5.02 Å². The third-order valence-corrected chi connectivity index (χ3v) is 4.33. The first-order valence-corrected chi connectivity index (χ1v) is 6.71. The molecular formula is C12H16ClNS. The zero-order chi connectivity index (χ0) is 10.9. The fourth-order valence-corrected chi connectivity index (χ4v) is 3.21. The van der Waals surface area contributed by atoms with Gasteiger partial charge in [0, 0.05) is 28.1 Å². The van der Waals surface area contributed by atoms with Crippen molar-refractivity contribution in [1.29, 1.82) is 0 Å². The van der Waals surface area contributed by atoms with Gasteiger partial charge in [-0.15, -0.1) is 0 Å². The van der Waals surface area contributed by atoms with Crippen LogP contribution in [-0.4, -0.2) is 17.0 Å². The second kappa shape index (κ2) is 4.36. The van der Waals surface area contributed by atoms with Crippen LogP contribution in [0.5, 0.6) is 0 Å². The molecule has 3 heteroatoms. The van der Waals surface area contributed by atoms with E-state index in [1.54, 1.807) is 0 Å². The van der Waals surface area contributed by atoms with Crippen LogP contribution in [0.3, 0.4) is 0 Å². The van der Waals surface area contributed by atoms with Gasteiger partial charge in [0.1, 0.15) is 0 Å². The van der Waals surface area contributed by atoms with E-state index in [1.807, 2.05) is 23.9 Å². The van der Waals surface area contributed by atoms with Gasteiger partial charge < -0.3 is 5.32 Å². The van der Waals surface area contributed by atoms with E-state index in [4.69, 9.17) is 11.6 Å². The second-order valence-corrected chi connectivity index (χ2v) is 6.11. The predicted octanol–water partition coefficient (Wildman–Crippen LogP) is 3.50. The molecule has 1 fully saturated rings. The Morgan fingerprint density at radius 3 is 2.60 bits per heavy atom. The van der Waals surface area contributed by atoms with Crippen molar-refractivity contribution in [3.05, 3.63) is 34.9 Å². The summed E-state index contributed by atoms with van der Waals surface area (Å²) >= 11 is 7.89. The third kappa shape index (κ3) is 2.90. The minimum absolute atomic E-state index is 0.229. The maximum absolute atomic E-state index is 5.88. The standard InChI is InChI=1S/C12H16ClNS/c1-12(2)8-15-7-11(14-12)9-3-5-10(13)6-4-9/h3-6,11,14H,7-8H2,1-2H3. The van der Waals surface area contributed by atoms with E-state index in [1.165, 1.54) is 11.3 Å². The number of nitrogens with one attached hydrogen (secondary N) is 1. The summed E-state index contributed by atoms with van der Waals surface area (Å²) in [4.78, 5) is 0. The van der Waals surface area contributed by atoms with Gasteiger partial charge in [0.25, 0.3) is 0 Å².